The van der Waals surface area contributed by atoms with Crippen molar-refractivity contribution in [2.75, 3.05) is 24.6 Å². The summed E-state index contributed by atoms with van der Waals surface area (Å²) in [5.74, 6) is 0.117. The van der Waals surface area contributed by atoms with Crippen molar-refractivity contribution in [3.8, 4) is 11.3 Å². The molecule has 26 heavy (non-hydrogen) atoms. The second-order valence-electron chi connectivity index (χ2n) is 6.32. The fourth-order valence-corrected chi connectivity index (χ4v) is 4.45. The van der Waals surface area contributed by atoms with Gasteiger partial charge < -0.3 is 16.4 Å². The fraction of sp³-hybridized carbons (Fsp3) is 0.278. The third kappa shape index (κ3) is 2.97. The molecule has 2 aromatic heterocycles. The van der Waals surface area contributed by atoms with Crippen molar-refractivity contribution in [3.05, 3.63) is 34.2 Å². The lowest BCUT2D eigenvalue weighted by atomic mass is 10.1. The predicted molar refractivity (Wildman–Crippen MR) is 106 cm³/mol. The molecule has 6 nitrogen and oxygen atoms in total. The van der Waals surface area contributed by atoms with E-state index >= 15 is 0 Å². The smallest absolute Gasteiger partial charge is 0.266 e. The van der Waals surface area contributed by atoms with Crippen LogP contribution in [0.4, 0.5) is 11.6 Å². The number of anilines is 2. The lowest BCUT2D eigenvalue weighted by Gasteiger charge is -2.26. The zero-order valence-corrected chi connectivity index (χ0v) is 15.6. The number of aromatic nitrogens is 2. The Balaban J connectivity index is 1.85. The van der Waals surface area contributed by atoms with Crippen molar-refractivity contribution < 1.29 is 4.79 Å². The second kappa shape index (κ2) is 6.74. The number of halogens is 1. The zero-order chi connectivity index (χ0) is 18.3. The summed E-state index contributed by atoms with van der Waals surface area (Å²) in [6.45, 7) is 1.54. The number of rotatable bonds is 2. The van der Waals surface area contributed by atoms with Crippen molar-refractivity contribution in [3.63, 3.8) is 0 Å². The first kappa shape index (κ1) is 17.1. The number of piperidine rings is 1. The van der Waals surface area contributed by atoms with E-state index in [1.54, 1.807) is 12.1 Å². The fourth-order valence-electron chi connectivity index (χ4n) is 3.25. The monoisotopic (exact) mass is 387 g/mol. The zero-order valence-electron chi connectivity index (χ0n) is 14.0. The molecule has 1 saturated heterocycles. The Labute approximate surface area is 159 Å². The summed E-state index contributed by atoms with van der Waals surface area (Å²) in [5, 5.41) is 1.30. The molecular formula is C18H18ClN5OS. The largest absolute Gasteiger partial charge is 0.397 e. The van der Waals surface area contributed by atoms with Crippen LogP contribution in [0.15, 0.2) is 24.3 Å². The van der Waals surface area contributed by atoms with E-state index in [-0.39, 0.29) is 11.9 Å². The molecule has 1 aromatic carbocycles. The van der Waals surface area contributed by atoms with Crippen LogP contribution in [0, 0.1) is 0 Å². The Morgan fingerprint density at radius 2 is 1.77 bits per heavy atom. The number of hydrogen-bond donors (Lipinski definition) is 2. The van der Waals surface area contributed by atoms with Gasteiger partial charge in [-0.1, -0.05) is 23.7 Å². The maximum Gasteiger partial charge on any atom is 0.266 e. The standard InChI is InChI=1S/C18H18ClN5OS/c19-11-6-4-10(5-7-11)14-12-13(20)15(26-16(12)23-18(21)22-14)17(25)24-8-2-1-3-9-24/h4-7H,1-3,8-9,20H2,(H2,21,22,23). The quantitative estimate of drug-likeness (QED) is 0.696. The van der Waals surface area contributed by atoms with Gasteiger partial charge in [0.2, 0.25) is 5.95 Å². The number of likely N-dealkylation sites (tertiary alicyclic amines) is 1. The van der Waals surface area contributed by atoms with Crippen molar-refractivity contribution in [1.29, 1.82) is 0 Å². The van der Waals surface area contributed by atoms with Gasteiger partial charge in [-0.3, -0.25) is 4.79 Å². The van der Waals surface area contributed by atoms with Crippen LogP contribution in [-0.4, -0.2) is 33.9 Å². The number of fused-ring (bicyclic) bond motifs is 1. The predicted octanol–water partition coefficient (Wildman–Crippen LogP) is 3.80. The molecule has 1 amide bonds. The number of amides is 1. The van der Waals surface area contributed by atoms with Gasteiger partial charge in [0.25, 0.3) is 5.91 Å². The average Bonchev–Trinajstić information content (AvgIpc) is 2.98. The molecule has 134 valence electrons. The molecule has 3 heterocycles. The first-order chi connectivity index (χ1) is 12.5. The molecule has 0 aliphatic carbocycles. The Hall–Kier alpha value is -2.38. The number of carbonyl (C=O) groups excluding carboxylic acids is 1. The third-order valence-corrected chi connectivity index (χ3v) is 5.90. The summed E-state index contributed by atoms with van der Waals surface area (Å²) in [5.41, 5.74) is 14.1. The highest BCUT2D eigenvalue weighted by Crippen LogP contribution is 2.39. The summed E-state index contributed by atoms with van der Waals surface area (Å²) < 4.78 is 0. The van der Waals surface area contributed by atoms with Gasteiger partial charge in [-0.15, -0.1) is 11.3 Å². The molecule has 0 atom stereocenters. The van der Waals surface area contributed by atoms with Gasteiger partial charge in [0.15, 0.2) is 0 Å². The molecule has 4 N–H and O–H groups in total. The Morgan fingerprint density at radius 1 is 1.08 bits per heavy atom. The molecule has 0 saturated carbocycles. The summed E-state index contributed by atoms with van der Waals surface area (Å²) >= 11 is 7.26. The minimum atomic E-state index is -0.0363. The van der Waals surface area contributed by atoms with Crippen LogP contribution >= 0.6 is 22.9 Å². The highest BCUT2D eigenvalue weighted by molar-refractivity contribution is 7.21. The van der Waals surface area contributed by atoms with E-state index in [1.807, 2.05) is 17.0 Å². The Morgan fingerprint density at radius 3 is 2.46 bits per heavy atom. The highest BCUT2D eigenvalue weighted by Gasteiger charge is 2.26. The van der Waals surface area contributed by atoms with Crippen LogP contribution in [0.3, 0.4) is 0 Å². The van der Waals surface area contributed by atoms with E-state index in [0.717, 1.165) is 37.9 Å². The van der Waals surface area contributed by atoms with Gasteiger partial charge in [-0.25, -0.2) is 9.97 Å². The molecule has 0 unspecified atom stereocenters. The normalized spacial score (nSPS) is 14.7. The van der Waals surface area contributed by atoms with Crippen LogP contribution in [-0.2, 0) is 0 Å². The van der Waals surface area contributed by atoms with Gasteiger partial charge >= 0.3 is 0 Å². The average molecular weight is 388 g/mol. The van der Waals surface area contributed by atoms with E-state index < -0.39 is 0 Å². The first-order valence-corrected chi connectivity index (χ1v) is 9.65. The molecule has 3 aromatic rings. The van der Waals surface area contributed by atoms with Crippen LogP contribution in [0.2, 0.25) is 5.02 Å². The highest BCUT2D eigenvalue weighted by atomic mass is 35.5. The van der Waals surface area contributed by atoms with E-state index in [4.69, 9.17) is 23.1 Å². The third-order valence-electron chi connectivity index (χ3n) is 4.56. The maximum atomic E-state index is 12.9. The number of nitrogens with two attached hydrogens (primary N) is 2. The Kier molecular flexibility index (Phi) is 4.42. The van der Waals surface area contributed by atoms with E-state index in [2.05, 4.69) is 9.97 Å². The molecule has 1 aliphatic heterocycles. The molecular weight excluding hydrogens is 370 g/mol. The minimum Gasteiger partial charge on any atom is -0.397 e. The van der Waals surface area contributed by atoms with Crippen molar-refractivity contribution in [2.45, 2.75) is 19.3 Å². The number of hydrogen-bond acceptors (Lipinski definition) is 6. The molecule has 1 aliphatic rings. The second-order valence-corrected chi connectivity index (χ2v) is 7.75. The molecule has 0 spiro atoms. The Bertz CT molecular complexity index is 979. The van der Waals surface area contributed by atoms with Gasteiger partial charge in [-0.05, 0) is 31.4 Å². The molecule has 0 bridgehead atoms. The van der Waals surface area contributed by atoms with Crippen LogP contribution in [0.25, 0.3) is 21.5 Å². The summed E-state index contributed by atoms with van der Waals surface area (Å²) in [6, 6.07) is 7.27. The lowest BCUT2D eigenvalue weighted by Crippen LogP contribution is -2.35. The summed E-state index contributed by atoms with van der Waals surface area (Å²) in [7, 11) is 0. The topological polar surface area (TPSA) is 98.1 Å². The van der Waals surface area contributed by atoms with Crippen LogP contribution in [0.1, 0.15) is 28.9 Å². The summed E-state index contributed by atoms with van der Waals surface area (Å²) in [6.07, 6.45) is 3.22. The molecule has 1 fully saturated rings. The lowest BCUT2D eigenvalue weighted by molar-refractivity contribution is 0.0730. The summed E-state index contributed by atoms with van der Waals surface area (Å²) in [4.78, 5) is 24.6. The molecule has 4 rings (SSSR count). The van der Waals surface area contributed by atoms with Crippen LogP contribution < -0.4 is 11.5 Å². The first-order valence-electron chi connectivity index (χ1n) is 8.45. The van der Waals surface area contributed by atoms with Crippen LogP contribution in [0.5, 0.6) is 0 Å². The minimum absolute atomic E-state index is 0.0363. The number of nitrogen functional groups attached to an aromatic ring is 2. The van der Waals surface area contributed by atoms with Gasteiger partial charge in [0.05, 0.1) is 16.8 Å². The van der Waals surface area contributed by atoms with E-state index in [1.165, 1.54) is 11.3 Å². The SMILES string of the molecule is Nc1nc(-c2ccc(Cl)cc2)c2c(N)c(C(=O)N3CCCCC3)sc2n1. The number of benzene rings is 1. The van der Waals surface area contributed by atoms with Gasteiger partial charge in [-0.2, -0.15) is 0 Å². The van der Waals surface area contributed by atoms with Gasteiger partial charge in [0.1, 0.15) is 9.71 Å². The van der Waals surface area contributed by atoms with E-state index in [9.17, 15) is 4.79 Å². The number of nitrogens with zero attached hydrogens (tertiary/aromatic N) is 3. The number of carbonyl (C=O) groups is 1. The van der Waals surface area contributed by atoms with Crippen molar-refractivity contribution >= 4 is 50.7 Å². The van der Waals surface area contributed by atoms with Crippen molar-refractivity contribution in [1.82, 2.24) is 14.9 Å². The van der Waals surface area contributed by atoms with E-state index in [0.29, 0.717) is 31.5 Å². The molecule has 0 radical (unpaired) electrons. The number of thiophene rings is 1. The van der Waals surface area contributed by atoms with Gasteiger partial charge in [0, 0.05) is 23.7 Å². The maximum absolute atomic E-state index is 12.9. The van der Waals surface area contributed by atoms with Crippen molar-refractivity contribution in [2.24, 2.45) is 0 Å². The molecule has 8 heteroatoms.